The Bertz CT molecular complexity index is 1120. The molecule has 0 nitrogen and oxygen atoms in total. The summed E-state index contributed by atoms with van der Waals surface area (Å²) in [6, 6.07) is 22.1. The van der Waals surface area contributed by atoms with E-state index in [1.54, 1.807) is 0 Å². The highest BCUT2D eigenvalue weighted by molar-refractivity contribution is 8.22. The third-order valence-electron chi connectivity index (χ3n) is 5.06. The fourth-order valence-corrected chi connectivity index (χ4v) is 6.14. The molecule has 0 atom stereocenters. The van der Waals surface area contributed by atoms with E-state index in [9.17, 15) is 0 Å². The van der Waals surface area contributed by atoms with Crippen molar-refractivity contribution >= 4 is 45.1 Å². The van der Waals surface area contributed by atoms with Crippen LogP contribution in [0.2, 0.25) is 0 Å². The van der Waals surface area contributed by atoms with Gasteiger partial charge in [-0.15, -0.1) is 0 Å². The maximum absolute atomic E-state index is 4.34. The van der Waals surface area contributed by atoms with Gasteiger partial charge in [0.05, 0.1) is 0 Å². The number of aryl methyl sites for hydroxylation is 2. The van der Waals surface area contributed by atoms with Crippen LogP contribution >= 0.6 is 23.5 Å². The summed E-state index contributed by atoms with van der Waals surface area (Å²) in [5, 5.41) is 5.26. The zero-order chi connectivity index (χ0) is 17.8. The van der Waals surface area contributed by atoms with Crippen molar-refractivity contribution in [2.24, 2.45) is 0 Å². The van der Waals surface area contributed by atoms with Crippen molar-refractivity contribution < 1.29 is 0 Å². The minimum absolute atomic E-state index is 1.14. The van der Waals surface area contributed by atoms with Gasteiger partial charge in [0.25, 0.3) is 0 Å². The predicted molar refractivity (Wildman–Crippen MR) is 117 cm³/mol. The van der Waals surface area contributed by atoms with Gasteiger partial charge in [0.1, 0.15) is 0 Å². The van der Waals surface area contributed by atoms with Gasteiger partial charge in [-0.1, -0.05) is 90.8 Å². The molecule has 0 saturated carbocycles. The largest absolute Gasteiger partial charge is 0.0824 e. The van der Waals surface area contributed by atoms with E-state index in [4.69, 9.17) is 0 Å². The van der Waals surface area contributed by atoms with Crippen LogP contribution in [-0.2, 0) is 0 Å². The van der Waals surface area contributed by atoms with E-state index in [-0.39, 0.29) is 0 Å². The van der Waals surface area contributed by atoms with Crippen LogP contribution in [0.5, 0.6) is 0 Å². The van der Waals surface area contributed by atoms with E-state index in [0.717, 1.165) is 4.24 Å². The number of hydrogen-bond donors (Lipinski definition) is 0. The van der Waals surface area contributed by atoms with Gasteiger partial charge in [0, 0.05) is 25.2 Å². The van der Waals surface area contributed by atoms with E-state index in [1.807, 2.05) is 23.5 Å². The van der Waals surface area contributed by atoms with Gasteiger partial charge in [-0.05, 0) is 46.5 Å². The van der Waals surface area contributed by atoms with E-state index in [0.29, 0.717) is 0 Å². The van der Waals surface area contributed by atoms with Gasteiger partial charge < -0.3 is 0 Å². The maximum Gasteiger partial charge on any atom is 0.0427 e. The summed E-state index contributed by atoms with van der Waals surface area (Å²) < 4.78 is 1.14. The Kier molecular flexibility index (Phi) is 3.66. The van der Waals surface area contributed by atoms with Crippen LogP contribution in [0.4, 0.5) is 0 Å². The highest BCUT2D eigenvalue weighted by Gasteiger charge is 2.25. The SMILES string of the molecule is C=C1Sc2c(C)cc3ccccc3c2-c2c(c(C)cc3ccccc23)S1. The van der Waals surface area contributed by atoms with Crippen molar-refractivity contribution in [3.63, 3.8) is 0 Å². The summed E-state index contributed by atoms with van der Waals surface area (Å²) in [4.78, 5) is 2.69. The number of fused-ring (bicyclic) bond motifs is 7. The number of hydrogen-bond acceptors (Lipinski definition) is 2. The van der Waals surface area contributed by atoms with Gasteiger partial charge in [0.15, 0.2) is 0 Å². The smallest absolute Gasteiger partial charge is 0.0427 e. The first kappa shape index (κ1) is 16.0. The molecule has 126 valence electrons. The molecular formula is C24H18S2. The molecule has 0 saturated heterocycles. The van der Waals surface area contributed by atoms with Gasteiger partial charge in [-0.25, -0.2) is 0 Å². The maximum atomic E-state index is 4.34. The molecule has 0 bridgehead atoms. The van der Waals surface area contributed by atoms with Gasteiger partial charge in [0.2, 0.25) is 0 Å². The van der Waals surface area contributed by atoms with Gasteiger partial charge in [-0.3, -0.25) is 0 Å². The van der Waals surface area contributed by atoms with Crippen LogP contribution in [0.25, 0.3) is 32.7 Å². The molecule has 5 rings (SSSR count). The molecule has 0 unspecified atom stereocenters. The van der Waals surface area contributed by atoms with Crippen molar-refractivity contribution in [3.8, 4) is 11.1 Å². The first-order valence-corrected chi connectivity index (χ1v) is 10.4. The highest BCUT2D eigenvalue weighted by atomic mass is 32.2. The number of rotatable bonds is 0. The molecule has 0 radical (unpaired) electrons. The molecule has 26 heavy (non-hydrogen) atoms. The minimum Gasteiger partial charge on any atom is -0.0824 e. The van der Waals surface area contributed by atoms with Crippen LogP contribution in [-0.4, -0.2) is 0 Å². The molecule has 1 heterocycles. The second kappa shape index (κ2) is 5.94. The molecule has 0 N–H and O–H groups in total. The molecule has 2 heteroatoms. The molecule has 0 aliphatic carbocycles. The molecule has 1 aliphatic heterocycles. The quantitative estimate of drug-likeness (QED) is 0.308. The molecule has 1 aliphatic rings. The standard InChI is InChI=1S/C24H18S2/c1-14-12-17-8-4-6-10-19(17)21-22-20-11-7-5-9-18(20)13-15(2)24(22)26-16(3)25-23(14)21/h4-13H,3H2,1-2H3. The molecular weight excluding hydrogens is 352 g/mol. The Labute approximate surface area is 162 Å². The van der Waals surface area contributed by atoms with E-state index >= 15 is 0 Å². The van der Waals surface area contributed by atoms with Gasteiger partial charge >= 0.3 is 0 Å². The molecule has 0 amide bonds. The van der Waals surface area contributed by atoms with Crippen molar-refractivity contribution in [2.75, 3.05) is 0 Å². The Morgan fingerprint density at radius 3 is 1.54 bits per heavy atom. The summed E-state index contributed by atoms with van der Waals surface area (Å²) in [7, 11) is 0. The average Bonchev–Trinajstić information content (AvgIpc) is 2.79. The summed E-state index contributed by atoms with van der Waals surface area (Å²) in [5.41, 5.74) is 5.38. The predicted octanol–water partition coefficient (Wildman–Crippen LogP) is 7.95. The van der Waals surface area contributed by atoms with E-state index in [1.165, 1.54) is 53.6 Å². The minimum atomic E-state index is 1.14. The molecule has 0 aromatic heterocycles. The lowest BCUT2D eigenvalue weighted by molar-refractivity contribution is 1.29. The lowest BCUT2D eigenvalue weighted by Crippen LogP contribution is -1.93. The van der Waals surface area contributed by atoms with Crippen LogP contribution < -0.4 is 0 Å². The second-order valence-electron chi connectivity index (χ2n) is 6.81. The van der Waals surface area contributed by atoms with Crippen LogP contribution in [0.1, 0.15) is 11.1 Å². The van der Waals surface area contributed by atoms with E-state index in [2.05, 4.69) is 81.1 Å². The average molecular weight is 371 g/mol. The van der Waals surface area contributed by atoms with Crippen LogP contribution in [0.3, 0.4) is 0 Å². The Morgan fingerprint density at radius 1 is 0.654 bits per heavy atom. The summed E-state index contributed by atoms with van der Waals surface area (Å²) in [5.74, 6) is 0. The summed E-state index contributed by atoms with van der Waals surface area (Å²) in [6.07, 6.45) is 0. The number of benzene rings is 4. The van der Waals surface area contributed by atoms with Gasteiger partial charge in [-0.2, -0.15) is 0 Å². The van der Waals surface area contributed by atoms with Crippen molar-refractivity contribution in [1.82, 2.24) is 0 Å². The lowest BCUT2D eigenvalue weighted by atomic mass is 9.91. The fourth-order valence-electron chi connectivity index (χ4n) is 3.95. The fraction of sp³-hybridized carbons (Fsp3) is 0.0833. The second-order valence-corrected chi connectivity index (χ2v) is 9.28. The third kappa shape index (κ3) is 2.33. The molecule has 4 aromatic rings. The Hall–Kier alpha value is -2.16. The van der Waals surface area contributed by atoms with Crippen molar-refractivity contribution in [1.29, 1.82) is 0 Å². The summed E-state index contributed by atoms with van der Waals surface area (Å²) >= 11 is 3.63. The Balaban J connectivity index is 2.07. The molecule has 0 spiro atoms. The van der Waals surface area contributed by atoms with Crippen molar-refractivity contribution in [2.45, 2.75) is 23.6 Å². The summed E-state index contributed by atoms with van der Waals surface area (Å²) in [6.45, 7) is 8.78. The van der Waals surface area contributed by atoms with Crippen molar-refractivity contribution in [3.05, 3.63) is 82.6 Å². The van der Waals surface area contributed by atoms with Crippen LogP contribution in [0.15, 0.2) is 81.3 Å². The first-order valence-electron chi connectivity index (χ1n) is 8.73. The highest BCUT2D eigenvalue weighted by Crippen LogP contribution is 2.55. The first-order chi connectivity index (χ1) is 12.6. The number of thioether (sulfide) groups is 2. The monoisotopic (exact) mass is 370 g/mol. The van der Waals surface area contributed by atoms with Crippen LogP contribution in [0, 0.1) is 13.8 Å². The topological polar surface area (TPSA) is 0 Å². The molecule has 0 fully saturated rings. The molecule has 4 aromatic carbocycles. The normalized spacial score (nSPS) is 13.5. The zero-order valence-corrected chi connectivity index (χ0v) is 16.4. The zero-order valence-electron chi connectivity index (χ0n) is 14.8. The third-order valence-corrected chi connectivity index (χ3v) is 7.47. The lowest BCUT2D eigenvalue weighted by Gasteiger charge is -2.18. The van der Waals surface area contributed by atoms with E-state index < -0.39 is 0 Å². The Morgan fingerprint density at radius 2 is 1.08 bits per heavy atom.